The molecule has 3 amide bonds. The number of nitrogens with zero attached hydrogens (tertiary/aromatic N) is 3. The van der Waals surface area contributed by atoms with Crippen molar-refractivity contribution in [1.29, 1.82) is 0 Å². The van der Waals surface area contributed by atoms with Gasteiger partial charge in [-0.25, -0.2) is 9.97 Å². The van der Waals surface area contributed by atoms with E-state index >= 15 is 0 Å². The van der Waals surface area contributed by atoms with Gasteiger partial charge < -0.3 is 4.90 Å². The molecule has 0 radical (unpaired) electrons. The highest BCUT2D eigenvalue weighted by Crippen LogP contribution is 2.30. The molecule has 0 bridgehead atoms. The Morgan fingerprint density at radius 2 is 1.73 bits per heavy atom. The lowest BCUT2D eigenvalue weighted by Gasteiger charge is -2.16. The summed E-state index contributed by atoms with van der Waals surface area (Å²) in [5.41, 5.74) is 1.41. The molecule has 7 nitrogen and oxygen atoms in total. The van der Waals surface area contributed by atoms with Gasteiger partial charge in [-0.2, -0.15) is 0 Å². The van der Waals surface area contributed by atoms with Crippen molar-refractivity contribution in [3.63, 3.8) is 0 Å². The van der Waals surface area contributed by atoms with Crippen molar-refractivity contribution >= 4 is 40.9 Å². The molecule has 2 saturated heterocycles. The summed E-state index contributed by atoms with van der Waals surface area (Å²) >= 11 is 12.0. The minimum Gasteiger partial charge on any atom is -0.336 e. The number of likely N-dealkylation sites (tertiary alicyclic amines) is 1. The first-order valence-electron chi connectivity index (χ1n) is 7.85. The number of nitrogens with one attached hydrogen (secondary N) is 1. The second kappa shape index (κ2) is 6.34. The molecule has 2 aliphatic heterocycles. The smallest absolute Gasteiger partial charge is 0.272 e. The second-order valence-corrected chi connectivity index (χ2v) is 7.01. The Morgan fingerprint density at radius 1 is 1.04 bits per heavy atom. The number of imide groups is 1. The Labute approximate surface area is 158 Å². The Hall–Kier alpha value is -2.51. The molecule has 1 N–H and O–H groups in total. The number of aromatic nitrogens is 2. The maximum Gasteiger partial charge on any atom is 0.272 e. The zero-order chi connectivity index (χ0) is 18.4. The molecule has 4 rings (SSSR count). The molecular weight excluding hydrogens is 379 g/mol. The average Bonchev–Trinajstić information content (AvgIpc) is 3.18. The van der Waals surface area contributed by atoms with Crippen LogP contribution in [0.3, 0.4) is 0 Å². The summed E-state index contributed by atoms with van der Waals surface area (Å²) in [6.07, 6.45) is 1.29. The number of carbonyl (C=O) groups is 3. The molecule has 0 unspecified atom stereocenters. The van der Waals surface area contributed by atoms with Gasteiger partial charge in [-0.1, -0.05) is 29.3 Å². The van der Waals surface area contributed by atoms with Gasteiger partial charge in [0.05, 0.1) is 27.6 Å². The molecular formula is C17H12Cl2N4O3. The molecule has 3 heterocycles. The van der Waals surface area contributed by atoms with Gasteiger partial charge in [0.25, 0.3) is 5.91 Å². The van der Waals surface area contributed by atoms with Crippen molar-refractivity contribution < 1.29 is 14.4 Å². The first-order valence-corrected chi connectivity index (χ1v) is 8.61. The van der Waals surface area contributed by atoms with Crippen LogP contribution in [0.1, 0.15) is 10.5 Å². The van der Waals surface area contributed by atoms with E-state index in [4.69, 9.17) is 23.2 Å². The molecule has 2 aliphatic rings. The van der Waals surface area contributed by atoms with Crippen LogP contribution >= 0.6 is 23.2 Å². The number of hydrogen-bond donors (Lipinski definition) is 1. The summed E-state index contributed by atoms with van der Waals surface area (Å²) in [7, 11) is 0. The first-order chi connectivity index (χ1) is 12.4. The number of rotatable bonds is 2. The standard InChI is InChI=1S/C17H12Cl2N4O3/c18-11-2-1-8(3-12(11)19)13-4-14(21-7-20-13)17(26)23-5-9-10(6-23)16(25)22-15(9)24/h1-4,7,9-10H,5-6H2,(H,22,24,25)/t9-,10+. The van der Waals surface area contributed by atoms with Crippen molar-refractivity contribution in [1.82, 2.24) is 20.2 Å². The highest BCUT2D eigenvalue weighted by molar-refractivity contribution is 6.42. The van der Waals surface area contributed by atoms with Crippen LogP contribution in [0.2, 0.25) is 10.0 Å². The summed E-state index contributed by atoms with van der Waals surface area (Å²) in [5, 5.41) is 3.10. The Bertz CT molecular complexity index is 927. The highest BCUT2D eigenvalue weighted by Gasteiger charge is 2.49. The van der Waals surface area contributed by atoms with Crippen LogP contribution in [0.4, 0.5) is 0 Å². The number of carbonyl (C=O) groups excluding carboxylic acids is 3. The van der Waals surface area contributed by atoms with Crippen molar-refractivity contribution in [3.05, 3.63) is 46.3 Å². The predicted molar refractivity (Wildman–Crippen MR) is 93.5 cm³/mol. The maximum absolute atomic E-state index is 12.7. The van der Waals surface area contributed by atoms with E-state index in [1.165, 1.54) is 11.2 Å². The summed E-state index contributed by atoms with van der Waals surface area (Å²) in [5.74, 6) is -1.96. The maximum atomic E-state index is 12.7. The molecule has 2 atom stereocenters. The fraction of sp³-hybridized carbons (Fsp3) is 0.235. The summed E-state index contributed by atoms with van der Waals surface area (Å²) in [6, 6.07) is 6.60. The molecule has 1 aromatic carbocycles. The van der Waals surface area contributed by atoms with E-state index < -0.39 is 11.8 Å². The lowest BCUT2D eigenvalue weighted by molar-refractivity contribution is -0.126. The van der Waals surface area contributed by atoms with Crippen LogP contribution in [0.5, 0.6) is 0 Å². The molecule has 2 aromatic rings. The second-order valence-electron chi connectivity index (χ2n) is 6.19. The van der Waals surface area contributed by atoms with E-state index in [-0.39, 0.29) is 36.5 Å². The molecule has 0 aliphatic carbocycles. The molecule has 1 aromatic heterocycles. The van der Waals surface area contributed by atoms with Gasteiger partial charge in [-0.3, -0.25) is 19.7 Å². The largest absolute Gasteiger partial charge is 0.336 e. The van der Waals surface area contributed by atoms with Crippen LogP contribution in [0.25, 0.3) is 11.3 Å². The minimum atomic E-state index is -0.483. The third kappa shape index (κ3) is 2.83. The lowest BCUT2D eigenvalue weighted by atomic mass is 10.00. The number of amides is 3. The molecule has 9 heteroatoms. The summed E-state index contributed by atoms with van der Waals surface area (Å²) in [6.45, 7) is 0.403. The van der Waals surface area contributed by atoms with Gasteiger partial charge in [0.1, 0.15) is 12.0 Å². The van der Waals surface area contributed by atoms with E-state index in [1.807, 2.05) is 0 Å². The van der Waals surface area contributed by atoms with Gasteiger partial charge in [-0.15, -0.1) is 0 Å². The zero-order valence-corrected chi connectivity index (χ0v) is 14.8. The van der Waals surface area contributed by atoms with E-state index in [0.717, 1.165) is 0 Å². The molecule has 0 spiro atoms. The minimum absolute atomic E-state index is 0.189. The fourth-order valence-corrected chi connectivity index (χ4v) is 3.56. The topological polar surface area (TPSA) is 92.3 Å². The van der Waals surface area contributed by atoms with E-state index in [9.17, 15) is 14.4 Å². The van der Waals surface area contributed by atoms with Crippen LogP contribution in [-0.2, 0) is 9.59 Å². The molecule has 132 valence electrons. The van der Waals surface area contributed by atoms with Gasteiger partial charge in [-0.05, 0) is 18.2 Å². The van der Waals surface area contributed by atoms with E-state index in [2.05, 4.69) is 15.3 Å². The van der Waals surface area contributed by atoms with Gasteiger partial charge in [0, 0.05) is 18.7 Å². The Balaban J connectivity index is 1.59. The monoisotopic (exact) mass is 390 g/mol. The first kappa shape index (κ1) is 16.9. The van der Waals surface area contributed by atoms with Crippen molar-refractivity contribution in [2.24, 2.45) is 11.8 Å². The molecule has 2 fully saturated rings. The van der Waals surface area contributed by atoms with Gasteiger partial charge in [0.15, 0.2) is 0 Å². The van der Waals surface area contributed by atoms with Crippen molar-refractivity contribution in [3.8, 4) is 11.3 Å². The molecule has 0 saturated carbocycles. The third-order valence-electron chi connectivity index (χ3n) is 4.63. The van der Waals surface area contributed by atoms with Crippen LogP contribution in [-0.4, -0.2) is 45.7 Å². The normalized spacial score (nSPS) is 21.7. The summed E-state index contributed by atoms with van der Waals surface area (Å²) in [4.78, 5) is 45.9. The zero-order valence-electron chi connectivity index (χ0n) is 13.3. The predicted octanol–water partition coefficient (Wildman–Crippen LogP) is 1.79. The van der Waals surface area contributed by atoms with Crippen LogP contribution in [0, 0.1) is 11.8 Å². The van der Waals surface area contributed by atoms with Crippen LogP contribution in [0.15, 0.2) is 30.6 Å². The third-order valence-corrected chi connectivity index (χ3v) is 5.37. The van der Waals surface area contributed by atoms with Crippen molar-refractivity contribution in [2.75, 3.05) is 13.1 Å². The fourth-order valence-electron chi connectivity index (χ4n) is 3.26. The Morgan fingerprint density at radius 3 is 2.38 bits per heavy atom. The van der Waals surface area contributed by atoms with Gasteiger partial charge >= 0.3 is 0 Å². The quantitative estimate of drug-likeness (QED) is 0.789. The Kier molecular flexibility index (Phi) is 4.13. The lowest BCUT2D eigenvalue weighted by Crippen LogP contribution is -2.35. The summed E-state index contributed by atoms with van der Waals surface area (Å²) < 4.78 is 0. The van der Waals surface area contributed by atoms with E-state index in [0.29, 0.717) is 21.3 Å². The van der Waals surface area contributed by atoms with E-state index in [1.54, 1.807) is 24.3 Å². The number of hydrogen-bond acceptors (Lipinski definition) is 5. The van der Waals surface area contributed by atoms with Crippen molar-refractivity contribution in [2.45, 2.75) is 0 Å². The number of fused-ring (bicyclic) bond motifs is 1. The number of benzene rings is 1. The van der Waals surface area contributed by atoms with Gasteiger partial charge in [0.2, 0.25) is 11.8 Å². The average molecular weight is 391 g/mol. The molecule has 26 heavy (non-hydrogen) atoms. The SMILES string of the molecule is O=C1NC(=O)[C@@H]2CN(C(=O)c3cc(-c4ccc(Cl)c(Cl)c4)ncn3)C[C@H]12. The van der Waals surface area contributed by atoms with Crippen LogP contribution < -0.4 is 5.32 Å². The highest BCUT2D eigenvalue weighted by atomic mass is 35.5. The number of halogens is 2.